The fourth-order valence-corrected chi connectivity index (χ4v) is 3.29. The zero-order valence-corrected chi connectivity index (χ0v) is 14.3. The highest BCUT2D eigenvalue weighted by Crippen LogP contribution is 2.40. The van der Waals surface area contributed by atoms with Crippen molar-refractivity contribution < 1.29 is 5.11 Å². The first-order valence-corrected chi connectivity index (χ1v) is 7.83. The van der Waals surface area contributed by atoms with Gasteiger partial charge >= 0.3 is 0 Å². The minimum absolute atomic E-state index is 0.0619. The van der Waals surface area contributed by atoms with Crippen LogP contribution >= 0.6 is 0 Å². The normalized spacial score (nSPS) is 12.2. The molecule has 0 saturated heterocycles. The van der Waals surface area contributed by atoms with E-state index >= 15 is 0 Å². The van der Waals surface area contributed by atoms with Crippen LogP contribution in [-0.2, 0) is 5.41 Å². The fraction of sp³-hybridized carbons (Fsp3) is 0.400. The van der Waals surface area contributed by atoms with Gasteiger partial charge in [-0.3, -0.25) is 0 Å². The second-order valence-electron chi connectivity index (χ2n) is 7.84. The molecule has 0 heterocycles. The van der Waals surface area contributed by atoms with E-state index in [0.717, 1.165) is 23.4 Å². The highest BCUT2D eigenvalue weighted by atomic mass is 16.3. The molecule has 0 aliphatic heterocycles. The molecule has 2 rings (SSSR count). The molecule has 22 heavy (non-hydrogen) atoms. The van der Waals surface area contributed by atoms with Gasteiger partial charge < -0.3 is 10.4 Å². The third-order valence-electron chi connectivity index (χ3n) is 3.76. The Bertz CT molecular complexity index is 624. The van der Waals surface area contributed by atoms with Crippen LogP contribution < -0.4 is 5.32 Å². The van der Waals surface area contributed by atoms with Gasteiger partial charge in [0, 0.05) is 17.4 Å². The molecule has 0 unspecified atom stereocenters. The SMILES string of the molecule is CC(C)(C)CC(C)(C)c1ccc(Nc2ccccc2)cc1O. The molecule has 2 nitrogen and oxygen atoms in total. The molecule has 2 heteroatoms. The maximum atomic E-state index is 10.5. The van der Waals surface area contributed by atoms with Crippen LogP contribution in [-0.4, -0.2) is 5.11 Å². The lowest BCUT2D eigenvalue weighted by Crippen LogP contribution is -2.24. The molecule has 2 N–H and O–H groups in total. The van der Waals surface area contributed by atoms with Crippen molar-refractivity contribution in [2.45, 2.75) is 46.5 Å². The Hall–Kier alpha value is -1.96. The Kier molecular flexibility index (Phi) is 4.50. The van der Waals surface area contributed by atoms with E-state index in [4.69, 9.17) is 0 Å². The number of hydrogen-bond acceptors (Lipinski definition) is 2. The van der Waals surface area contributed by atoms with Gasteiger partial charge in [0.15, 0.2) is 0 Å². The average molecular weight is 297 g/mol. The molecular weight excluding hydrogens is 270 g/mol. The predicted molar refractivity (Wildman–Crippen MR) is 94.9 cm³/mol. The number of rotatable bonds is 4. The molecule has 0 aliphatic carbocycles. The van der Waals surface area contributed by atoms with Crippen LogP contribution in [0.3, 0.4) is 0 Å². The summed E-state index contributed by atoms with van der Waals surface area (Å²) in [5.74, 6) is 0.357. The maximum Gasteiger partial charge on any atom is 0.121 e. The van der Waals surface area contributed by atoms with Gasteiger partial charge in [0.2, 0.25) is 0 Å². The first-order chi connectivity index (χ1) is 10.2. The number of benzene rings is 2. The lowest BCUT2D eigenvalue weighted by Gasteiger charge is -2.33. The van der Waals surface area contributed by atoms with Crippen molar-refractivity contribution in [1.82, 2.24) is 0 Å². The first kappa shape index (κ1) is 16.4. The Balaban J connectivity index is 2.23. The topological polar surface area (TPSA) is 32.3 Å². The number of nitrogens with one attached hydrogen (secondary N) is 1. The molecule has 0 radical (unpaired) electrons. The Morgan fingerprint density at radius 2 is 1.50 bits per heavy atom. The molecule has 0 spiro atoms. The summed E-state index contributed by atoms with van der Waals surface area (Å²) in [6, 6.07) is 15.9. The number of aromatic hydroxyl groups is 1. The van der Waals surface area contributed by atoms with Crippen molar-refractivity contribution in [2.75, 3.05) is 5.32 Å². The third-order valence-corrected chi connectivity index (χ3v) is 3.76. The molecule has 0 atom stereocenters. The smallest absolute Gasteiger partial charge is 0.121 e. The fourth-order valence-electron chi connectivity index (χ4n) is 3.29. The summed E-state index contributed by atoms with van der Waals surface area (Å²) in [6.45, 7) is 11.1. The van der Waals surface area contributed by atoms with Gasteiger partial charge in [-0.25, -0.2) is 0 Å². The Morgan fingerprint density at radius 1 is 0.864 bits per heavy atom. The molecule has 118 valence electrons. The number of anilines is 2. The number of hydrogen-bond donors (Lipinski definition) is 2. The van der Waals surface area contributed by atoms with Crippen molar-refractivity contribution in [1.29, 1.82) is 0 Å². The zero-order valence-electron chi connectivity index (χ0n) is 14.3. The maximum absolute atomic E-state index is 10.5. The summed E-state index contributed by atoms with van der Waals surface area (Å²) in [5.41, 5.74) is 3.08. The lowest BCUT2D eigenvalue weighted by atomic mass is 9.72. The summed E-state index contributed by atoms with van der Waals surface area (Å²) < 4.78 is 0. The van der Waals surface area contributed by atoms with Gasteiger partial charge in [-0.2, -0.15) is 0 Å². The summed E-state index contributed by atoms with van der Waals surface area (Å²) in [7, 11) is 0. The van der Waals surface area contributed by atoms with Crippen LogP contribution in [0.1, 0.15) is 46.6 Å². The van der Waals surface area contributed by atoms with E-state index in [2.05, 4.69) is 39.9 Å². The molecule has 0 fully saturated rings. The van der Waals surface area contributed by atoms with Crippen molar-refractivity contribution in [2.24, 2.45) is 5.41 Å². The van der Waals surface area contributed by atoms with E-state index in [9.17, 15) is 5.11 Å². The van der Waals surface area contributed by atoms with E-state index in [1.165, 1.54) is 0 Å². The van der Waals surface area contributed by atoms with Gasteiger partial charge in [0.05, 0.1) is 0 Å². The minimum atomic E-state index is -0.0619. The van der Waals surface area contributed by atoms with E-state index < -0.39 is 0 Å². The quantitative estimate of drug-likeness (QED) is 0.742. The predicted octanol–water partition coefficient (Wildman–Crippen LogP) is 5.85. The van der Waals surface area contributed by atoms with Gasteiger partial charge in [-0.05, 0) is 41.0 Å². The summed E-state index contributed by atoms with van der Waals surface area (Å²) >= 11 is 0. The monoisotopic (exact) mass is 297 g/mol. The van der Waals surface area contributed by atoms with Gasteiger partial charge in [-0.15, -0.1) is 0 Å². The second-order valence-corrected chi connectivity index (χ2v) is 7.84. The lowest BCUT2D eigenvalue weighted by molar-refractivity contribution is 0.278. The van der Waals surface area contributed by atoms with Crippen LogP contribution in [0.15, 0.2) is 48.5 Å². The first-order valence-electron chi connectivity index (χ1n) is 7.83. The Morgan fingerprint density at radius 3 is 2.05 bits per heavy atom. The molecule has 0 aromatic heterocycles. The summed E-state index contributed by atoms with van der Waals surface area (Å²) in [6.07, 6.45) is 1.01. The van der Waals surface area contributed by atoms with Crippen LogP contribution in [0, 0.1) is 5.41 Å². The molecule has 0 bridgehead atoms. The Labute approximate surface area is 134 Å². The van der Waals surface area contributed by atoms with Crippen molar-refractivity contribution in [3.8, 4) is 5.75 Å². The van der Waals surface area contributed by atoms with Crippen LogP contribution in [0.25, 0.3) is 0 Å². The van der Waals surface area contributed by atoms with Crippen molar-refractivity contribution in [3.63, 3.8) is 0 Å². The van der Waals surface area contributed by atoms with E-state index in [1.807, 2.05) is 48.5 Å². The average Bonchev–Trinajstić information content (AvgIpc) is 2.36. The van der Waals surface area contributed by atoms with E-state index in [-0.39, 0.29) is 10.8 Å². The summed E-state index contributed by atoms with van der Waals surface area (Å²) in [5, 5.41) is 13.8. The standard InChI is InChI=1S/C20H27NO/c1-19(2,3)14-20(4,5)17-12-11-16(13-18(17)22)21-15-9-7-6-8-10-15/h6-13,21-22H,14H2,1-5H3. The number of para-hydroxylation sites is 1. The highest BCUT2D eigenvalue weighted by Gasteiger charge is 2.29. The van der Waals surface area contributed by atoms with E-state index in [1.54, 1.807) is 0 Å². The number of phenols is 1. The molecule has 2 aromatic carbocycles. The van der Waals surface area contributed by atoms with Gasteiger partial charge in [-0.1, -0.05) is 58.9 Å². The molecule has 0 amide bonds. The molecular formula is C20H27NO. The zero-order chi connectivity index (χ0) is 16.4. The second kappa shape index (κ2) is 6.04. The highest BCUT2D eigenvalue weighted by molar-refractivity contribution is 5.62. The molecule has 2 aromatic rings. The van der Waals surface area contributed by atoms with Gasteiger partial charge in [0.25, 0.3) is 0 Å². The van der Waals surface area contributed by atoms with Crippen LogP contribution in [0.5, 0.6) is 5.75 Å². The molecule has 0 aliphatic rings. The van der Waals surface area contributed by atoms with Crippen LogP contribution in [0.4, 0.5) is 11.4 Å². The number of phenolic OH excluding ortho intramolecular Hbond substituents is 1. The summed E-state index contributed by atoms with van der Waals surface area (Å²) in [4.78, 5) is 0. The van der Waals surface area contributed by atoms with Crippen molar-refractivity contribution >= 4 is 11.4 Å². The van der Waals surface area contributed by atoms with E-state index in [0.29, 0.717) is 5.75 Å². The molecule has 0 saturated carbocycles. The van der Waals surface area contributed by atoms with Crippen LogP contribution in [0.2, 0.25) is 0 Å². The van der Waals surface area contributed by atoms with Crippen molar-refractivity contribution in [3.05, 3.63) is 54.1 Å². The third kappa shape index (κ3) is 4.27. The van der Waals surface area contributed by atoms with Gasteiger partial charge in [0.1, 0.15) is 5.75 Å². The largest absolute Gasteiger partial charge is 0.508 e. The minimum Gasteiger partial charge on any atom is -0.508 e.